The van der Waals surface area contributed by atoms with Crippen molar-refractivity contribution < 1.29 is 17.9 Å². The standard InChI is InChI=1S/C17H25N3O4S/c18-25(22,23)16-6-4-14(5-7-16)17(21)20-8-2-1-3-15(20)13-19-9-11-24-12-10-19/h4-7,15H,1-3,8-13H2,(H2,18,22,23)/t15-/m0/s1. The number of nitrogens with two attached hydrogens (primary N) is 1. The van der Waals surface area contributed by atoms with Crippen molar-refractivity contribution in [2.75, 3.05) is 39.4 Å². The second kappa shape index (κ2) is 7.82. The van der Waals surface area contributed by atoms with E-state index >= 15 is 0 Å². The topological polar surface area (TPSA) is 92.9 Å². The normalized spacial score (nSPS) is 22.8. The van der Waals surface area contributed by atoms with E-state index in [1.807, 2.05) is 4.90 Å². The van der Waals surface area contributed by atoms with Crippen LogP contribution in [0.15, 0.2) is 29.2 Å². The molecule has 2 heterocycles. The van der Waals surface area contributed by atoms with Crippen LogP contribution < -0.4 is 5.14 Å². The van der Waals surface area contributed by atoms with Crippen molar-refractivity contribution in [3.63, 3.8) is 0 Å². The Labute approximate surface area is 148 Å². The van der Waals surface area contributed by atoms with Gasteiger partial charge in [0, 0.05) is 37.8 Å². The number of sulfonamides is 1. The zero-order valence-electron chi connectivity index (χ0n) is 14.3. The number of likely N-dealkylation sites (tertiary alicyclic amines) is 1. The molecule has 2 aliphatic heterocycles. The average Bonchev–Trinajstić information content (AvgIpc) is 2.62. The number of carbonyl (C=O) groups is 1. The Morgan fingerprint density at radius 1 is 1.12 bits per heavy atom. The number of hydrogen-bond acceptors (Lipinski definition) is 5. The molecule has 0 bridgehead atoms. The highest BCUT2D eigenvalue weighted by molar-refractivity contribution is 7.89. The molecule has 8 heteroatoms. The van der Waals surface area contributed by atoms with Crippen LogP contribution in [0.5, 0.6) is 0 Å². The molecule has 1 atom stereocenters. The van der Waals surface area contributed by atoms with Gasteiger partial charge in [-0.2, -0.15) is 0 Å². The maximum atomic E-state index is 12.9. The van der Waals surface area contributed by atoms with E-state index in [0.29, 0.717) is 5.56 Å². The molecule has 0 spiro atoms. The molecule has 0 radical (unpaired) electrons. The van der Waals surface area contributed by atoms with Gasteiger partial charge in [-0.3, -0.25) is 9.69 Å². The van der Waals surface area contributed by atoms with Crippen LogP contribution in [0.1, 0.15) is 29.6 Å². The quantitative estimate of drug-likeness (QED) is 0.844. The van der Waals surface area contributed by atoms with E-state index in [1.165, 1.54) is 12.1 Å². The fraction of sp³-hybridized carbons (Fsp3) is 0.588. The molecule has 0 unspecified atom stereocenters. The highest BCUT2D eigenvalue weighted by Gasteiger charge is 2.29. The molecule has 2 N–H and O–H groups in total. The largest absolute Gasteiger partial charge is 0.379 e. The second-order valence-electron chi connectivity index (χ2n) is 6.63. The number of carbonyl (C=O) groups excluding carboxylic acids is 1. The molecule has 2 fully saturated rings. The van der Waals surface area contributed by atoms with Gasteiger partial charge < -0.3 is 9.64 Å². The highest BCUT2D eigenvalue weighted by atomic mass is 32.2. The highest BCUT2D eigenvalue weighted by Crippen LogP contribution is 2.21. The Bertz CT molecular complexity index is 699. The molecular formula is C17H25N3O4S. The van der Waals surface area contributed by atoms with Gasteiger partial charge in [-0.1, -0.05) is 0 Å². The van der Waals surface area contributed by atoms with Gasteiger partial charge in [0.1, 0.15) is 0 Å². The molecule has 7 nitrogen and oxygen atoms in total. The first-order chi connectivity index (χ1) is 11.9. The molecule has 0 saturated carbocycles. The summed E-state index contributed by atoms with van der Waals surface area (Å²) in [7, 11) is -3.74. The summed E-state index contributed by atoms with van der Waals surface area (Å²) in [6, 6.07) is 6.06. The lowest BCUT2D eigenvalue weighted by Gasteiger charge is -2.39. The van der Waals surface area contributed by atoms with Crippen molar-refractivity contribution in [1.29, 1.82) is 0 Å². The zero-order chi connectivity index (χ0) is 17.9. The van der Waals surface area contributed by atoms with Crippen LogP contribution in [0.4, 0.5) is 0 Å². The van der Waals surface area contributed by atoms with E-state index in [2.05, 4.69) is 4.90 Å². The molecular weight excluding hydrogens is 342 g/mol. The number of hydrogen-bond donors (Lipinski definition) is 1. The molecule has 0 aromatic heterocycles. The van der Waals surface area contributed by atoms with Crippen molar-refractivity contribution in [2.45, 2.75) is 30.2 Å². The van der Waals surface area contributed by atoms with Crippen LogP contribution >= 0.6 is 0 Å². The van der Waals surface area contributed by atoms with Crippen molar-refractivity contribution in [1.82, 2.24) is 9.80 Å². The number of piperidine rings is 1. The molecule has 1 aromatic rings. The van der Waals surface area contributed by atoms with Crippen LogP contribution in [0.25, 0.3) is 0 Å². The monoisotopic (exact) mass is 367 g/mol. The van der Waals surface area contributed by atoms with Crippen LogP contribution in [0.3, 0.4) is 0 Å². The van der Waals surface area contributed by atoms with Crippen molar-refractivity contribution in [3.05, 3.63) is 29.8 Å². The van der Waals surface area contributed by atoms with Crippen molar-refractivity contribution >= 4 is 15.9 Å². The number of benzene rings is 1. The van der Waals surface area contributed by atoms with Gasteiger partial charge in [0.05, 0.1) is 18.1 Å². The number of ether oxygens (including phenoxy) is 1. The maximum absolute atomic E-state index is 12.9. The second-order valence-corrected chi connectivity index (χ2v) is 8.19. The van der Waals surface area contributed by atoms with E-state index in [9.17, 15) is 13.2 Å². The van der Waals surface area contributed by atoms with E-state index in [0.717, 1.165) is 58.7 Å². The minimum atomic E-state index is -3.74. The summed E-state index contributed by atoms with van der Waals surface area (Å²) in [6.45, 7) is 4.91. The predicted octanol–water partition coefficient (Wildman–Crippen LogP) is 0.661. The number of rotatable bonds is 4. The summed E-state index contributed by atoms with van der Waals surface area (Å²) in [5.41, 5.74) is 0.501. The third-order valence-corrected chi connectivity index (χ3v) is 5.82. The molecule has 0 aliphatic carbocycles. The van der Waals surface area contributed by atoms with Gasteiger partial charge in [-0.05, 0) is 43.5 Å². The van der Waals surface area contributed by atoms with Crippen LogP contribution in [-0.4, -0.2) is 69.6 Å². The van der Waals surface area contributed by atoms with E-state index < -0.39 is 10.0 Å². The molecule has 2 saturated heterocycles. The third-order valence-electron chi connectivity index (χ3n) is 4.89. The van der Waals surface area contributed by atoms with Crippen molar-refractivity contribution in [2.24, 2.45) is 5.14 Å². The van der Waals surface area contributed by atoms with E-state index in [1.54, 1.807) is 12.1 Å². The van der Waals surface area contributed by atoms with Crippen molar-refractivity contribution in [3.8, 4) is 0 Å². The van der Waals surface area contributed by atoms with Gasteiger partial charge >= 0.3 is 0 Å². The summed E-state index contributed by atoms with van der Waals surface area (Å²) < 4.78 is 28.1. The molecule has 3 rings (SSSR count). The Morgan fingerprint density at radius 3 is 2.44 bits per heavy atom. The van der Waals surface area contributed by atoms with E-state index in [-0.39, 0.29) is 16.8 Å². The maximum Gasteiger partial charge on any atom is 0.254 e. The fourth-order valence-corrected chi connectivity index (χ4v) is 4.01. The smallest absolute Gasteiger partial charge is 0.254 e. The summed E-state index contributed by atoms with van der Waals surface area (Å²) in [5, 5.41) is 5.11. The fourth-order valence-electron chi connectivity index (χ4n) is 3.49. The molecule has 25 heavy (non-hydrogen) atoms. The van der Waals surface area contributed by atoms with Gasteiger partial charge in [-0.25, -0.2) is 13.6 Å². The molecule has 2 aliphatic rings. The Hall–Kier alpha value is -1.48. The van der Waals surface area contributed by atoms with E-state index in [4.69, 9.17) is 9.88 Å². The first kappa shape index (κ1) is 18.3. The van der Waals surface area contributed by atoms with Crippen LogP contribution in [0, 0.1) is 0 Å². The zero-order valence-corrected chi connectivity index (χ0v) is 15.1. The molecule has 1 aromatic carbocycles. The van der Waals surface area contributed by atoms with Crippen LogP contribution in [-0.2, 0) is 14.8 Å². The summed E-state index contributed by atoms with van der Waals surface area (Å²) in [4.78, 5) is 17.2. The number of primary sulfonamides is 1. The number of amides is 1. The summed E-state index contributed by atoms with van der Waals surface area (Å²) in [6.07, 6.45) is 3.13. The summed E-state index contributed by atoms with van der Waals surface area (Å²) in [5.74, 6) is -0.0427. The first-order valence-electron chi connectivity index (χ1n) is 8.69. The Morgan fingerprint density at radius 2 is 1.80 bits per heavy atom. The third kappa shape index (κ3) is 4.58. The van der Waals surface area contributed by atoms with Gasteiger partial charge in [0.2, 0.25) is 10.0 Å². The van der Waals surface area contributed by atoms with Gasteiger partial charge in [-0.15, -0.1) is 0 Å². The Kier molecular flexibility index (Phi) is 5.73. The Balaban J connectivity index is 1.71. The lowest BCUT2D eigenvalue weighted by atomic mass is 10.00. The SMILES string of the molecule is NS(=O)(=O)c1ccc(C(=O)N2CCCC[C@H]2CN2CCOCC2)cc1. The molecule has 138 valence electrons. The summed E-state index contributed by atoms with van der Waals surface area (Å²) >= 11 is 0. The number of nitrogens with zero attached hydrogens (tertiary/aromatic N) is 2. The van der Waals surface area contributed by atoms with Gasteiger partial charge in [0.15, 0.2) is 0 Å². The lowest BCUT2D eigenvalue weighted by molar-refractivity contribution is 0.0166. The molecule has 1 amide bonds. The lowest BCUT2D eigenvalue weighted by Crippen LogP contribution is -2.51. The number of morpholine rings is 1. The minimum absolute atomic E-state index is 0.0209. The minimum Gasteiger partial charge on any atom is -0.379 e. The average molecular weight is 367 g/mol. The predicted molar refractivity (Wildman–Crippen MR) is 93.7 cm³/mol. The van der Waals surface area contributed by atoms with Crippen LogP contribution in [0.2, 0.25) is 0 Å². The first-order valence-corrected chi connectivity index (χ1v) is 10.2. The van der Waals surface area contributed by atoms with Gasteiger partial charge in [0.25, 0.3) is 5.91 Å².